The van der Waals surface area contributed by atoms with Crippen LogP contribution in [-0.2, 0) is 20.9 Å². The normalized spacial score (nSPS) is 12.6. The van der Waals surface area contributed by atoms with E-state index in [1.54, 1.807) is 25.3 Å². The average molecular weight is 342 g/mol. The molecule has 0 spiro atoms. The molecule has 25 heavy (non-hydrogen) atoms. The summed E-state index contributed by atoms with van der Waals surface area (Å²) in [5.41, 5.74) is 2.04. The van der Waals surface area contributed by atoms with Gasteiger partial charge in [0.25, 0.3) is 5.91 Å². The molecule has 3 rings (SSSR count). The van der Waals surface area contributed by atoms with E-state index in [-0.39, 0.29) is 25.0 Å². The Morgan fingerprint density at radius 1 is 1.24 bits per heavy atom. The number of ether oxygens (including phenoxy) is 3. The van der Waals surface area contributed by atoms with Gasteiger partial charge in [0.15, 0.2) is 6.61 Å². The molecule has 1 aliphatic heterocycles. The second-order valence-electron chi connectivity index (χ2n) is 5.44. The molecule has 130 valence electrons. The first-order valence-corrected chi connectivity index (χ1v) is 7.71. The number of fused-ring (bicyclic) bond motifs is 1. The first-order chi connectivity index (χ1) is 12.1. The van der Waals surface area contributed by atoms with Gasteiger partial charge in [-0.15, -0.1) is 0 Å². The van der Waals surface area contributed by atoms with Crippen LogP contribution < -0.4 is 20.1 Å². The monoisotopic (exact) mass is 342 g/mol. The van der Waals surface area contributed by atoms with Crippen molar-refractivity contribution >= 4 is 23.2 Å². The number of methoxy groups -OCH3 is 1. The van der Waals surface area contributed by atoms with Gasteiger partial charge in [0, 0.05) is 5.69 Å². The van der Waals surface area contributed by atoms with Crippen LogP contribution in [0.1, 0.15) is 5.56 Å². The van der Waals surface area contributed by atoms with E-state index in [0.29, 0.717) is 23.7 Å². The van der Waals surface area contributed by atoms with Crippen LogP contribution >= 0.6 is 0 Å². The van der Waals surface area contributed by atoms with Gasteiger partial charge in [-0.3, -0.25) is 9.59 Å². The quantitative estimate of drug-likeness (QED) is 0.840. The predicted octanol–water partition coefficient (Wildman–Crippen LogP) is 2.18. The van der Waals surface area contributed by atoms with E-state index in [2.05, 4.69) is 10.6 Å². The first-order valence-electron chi connectivity index (χ1n) is 7.71. The lowest BCUT2D eigenvalue weighted by Gasteiger charge is -2.18. The minimum absolute atomic E-state index is 0.00208. The Kier molecular flexibility index (Phi) is 5.15. The van der Waals surface area contributed by atoms with Crippen molar-refractivity contribution in [1.29, 1.82) is 0 Å². The Labute approximate surface area is 144 Å². The van der Waals surface area contributed by atoms with Crippen LogP contribution in [0.5, 0.6) is 11.5 Å². The van der Waals surface area contributed by atoms with Crippen LogP contribution in [0.25, 0.3) is 0 Å². The van der Waals surface area contributed by atoms with Gasteiger partial charge in [0.1, 0.15) is 18.1 Å². The maximum absolute atomic E-state index is 12.0. The van der Waals surface area contributed by atoms with E-state index < -0.39 is 0 Å². The van der Waals surface area contributed by atoms with Crippen LogP contribution in [0, 0.1) is 0 Å². The highest BCUT2D eigenvalue weighted by Crippen LogP contribution is 2.30. The lowest BCUT2D eigenvalue weighted by Crippen LogP contribution is -2.25. The van der Waals surface area contributed by atoms with Crippen molar-refractivity contribution in [2.24, 2.45) is 0 Å². The highest BCUT2D eigenvalue weighted by atomic mass is 16.5. The number of carbonyl (C=O) groups excluding carboxylic acids is 2. The molecule has 7 nitrogen and oxygen atoms in total. The van der Waals surface area contributed by atoms with Gasteiger partial charge < -0.3 is 24.8 Å². The fourth-order valence-electron chi connectivity index (χ4n) is 2.34. The molecule has 0 aliphatic carbocycles. The average Bonchev–Trinajstić information content (AvgIpc) is 2.62. The van der Waals surface area contributed by atoms with E-state index in [1.165, 1.54) is 0 Å². The Bertz CT molecular complexity index is 774. The van der Waals surface area contributed by atoms with E-state index in [9.17, 15) is 9.59 Å². The van der Waals surface area contributed by atoms with E-state index >= 15 is 0 Å². The minimum Gasteiger partial charge on any atom is -0.497 e. The number of hydrogen-bond acceptors (Lipinski definition) is 5. The Morgan fingerprint density at radius 2 is 2.04 bits per heavy atom. The molecule has 7 heteroatoms. The van der Waals surface area contributed by atoms with Gasteiger partial charge in [-0.2, -0.15) is 0 Å². The summed E-state index contributed by atoms with van der Waals surface area (Å²) in [6.45, 7) is 0.245. The van der Waals surface area contributed by atoms with Crippen LogP contribution in [0.2, 0.25) is 0 Å². The van der Waals surface area contributed by atoms with Gasteiger partial charge in [0.2, 0.25) is 5.91 Å². The molecule has 2 aromatic rings. The highest BCUT2D eigenvalue weighted by Gasteiger charge is 2.16. The zero-order valence-electron chi connectivity index (χ0n) is 13.7. The summed E-state index contributed by atoms with van der Waals surface area (Å²) >= 11 is 0. The summed E-state index contributed by atoms with van der Waals surface area (Å²) in [5.74, 6) is 0.841. The molecule has 1 aliphatic rings. The van der Waals surface area contributed by atoms with Crippen LogP contribution in [0.15, 0.2) is 42.5 Å². The molecule has 0 radical (unpaired) electrons. The van der Waals surface area contributed by atoms with Crippen molar-refractivity contribution in [2.75, 3.05) is 31.0 Å². The fraction of sp³-hybridized carbons (Fsp3) is 0.222. The third kappa shape index (κ3) is 4.48. The zero-order chi connectivity index (χ0) is 17.6. The van der Waals surface area contributed by atoms with Crippen LogP contribution in [0.4, 0.5) is 11.4 Å². The Balaban J connectivity index is 1.49. The molecule has 0 aromatic heterocycles. The van der Waals surface area contributed by atoms with E-state index in [4.69, 9.17) is 14.2 Å². The van der Waals surface area contributed by atoms with E-state index in [0.717, 1.165) is 11.3 Å². The van der Waals surface area contributed by atoms with Crippen molar-refractivity contribution in [3.63, 3.8) is 0 Å². The SMILES string of the molecule is COc1ccc(COCC(=O)Nc2ccc3c(c2)NC(=O)CO3)cc1. The van der Waals surface area contributed by atoms with Gasteiger partial charge in [0.05, 0.1) is 19.4 Å². The summed E-state index contributed by atoms with van der Waals surface area (Å²) < 4.78 is 15.8. The summed E-state index contributed by atoms with van der Waals surface area (Å²) in [6.07, 6.45) is 0. The van der Waals surface area contributed by atoms with Gasteiger partial charge in [-0.25, -0.2) is 0 Å². The van der Waals surface area contributed by atoms with Crippen molar-refractivity contribution in [3.8, 4) is 11.5 Å². The van der Waals surface area contributed by atoms with Crippen molar-refractivity contribution in [3.05, 3.63) is 48.0 Å². The second-order valence-corrected chi connectivity index (χ2v) is 5.44. The molecular weight excluding hydrogens is 324 g/mol. The number of benzene rings is 2. The second kappa shape index (κ2) is 7.67. The van der Waals surface area contributed by atoms with Gasteiger partial charge in [-0.05, 0) is 35.9 Å². The maximum Gasteiger partial charge on any atom is 0.262 e. The smallest absolute Gasteiger partial charge is 0.262 e. The Hall–Kier alpha value is -3.06. The van der Waals surface area contributed by atoms with Crippen LogP contribution in [-0.4, -0.2) is 32.1 Å². The molecule has 0 atom stereocenters. The number of carbonyl (C=O) groups is 2. The van der Waals surface area contributed by atoms with Crippen molar-refractivity contribution < 1.29 is 23.8 Å². The third-order valence-corrected chi connectivity index (χ3v) is 3.56. The molecule has 0 unspecified atom stereocenters. The fourth-order valence-corrected chi connectivity index (χ4v) is 2.34. The summed E-state index contributed by atoms with van der Waals surface area (Å²) in [7, 11) is 1.61. The summed E-state index contributed by atoms with van der Waals surface area (Å²) in [5, 5.41) is 5.41. The topological polar surface area (TPSA) is 85.9 Å². The van der Waals surface area contributed by atoms with Crippen molar-refractivity contribution in [1.82, 2.24) is 0 Å². The molecule has 0 fully saturated rings. The largest absolute Gasteiger partial charge is 0.497 e. The number of amides is 2. The van der Waals surface area contributed by atoms with Crippen LogP contribution in [0.3, 0.4) is 0 Å². The van der Waals surface area contributed by atoms with Crippen molar-refractivity contribution in [2.45, 2.75) is 6.61 Å². The first kappa shape index (κ1) is 16.8. The lowest BCUT2D eigenvalue weighted by atomic mass is 10.2. The summed E-state index contributed by atoms with van der Waals surface area (Å²) in [6, 6.07) is 12.5. The molecule has 2 amide bonds. The number of nitrogens with one attached hydrogen (secondary N) is 2. The lowest BCUT2D eigenvalue weighted by molar-refractivity contribution is -0.121. The standard InChI is InChI=1S/C18H18N2O5/c1-23-14-5-2-12(3-6-14)9-24-10-17(21)19-13-4-7-16-15(8-13)20-18(22)11-25-16/h2-8H,9-11H2,1H3,(H,19,21)(H,20,22). The number of hydrogen-bond donors (Lipinski definition) is 2. The molecule has 2 N–H and O–H groups in total. The molecule has 1 heterocycles. The minimum atomic E-state index is -0.281. The van der Waals surface area contributed by atoms with Gasteiger partial charge >= 0.3 is 0 Å². The molecular formula is C18H18N2O5. The summed E-state index contributed by atoms with van der Waals surface area (Å²) in [4.78, 5) is 23.3. The molecule has 0 saturated heterocycles. The maximum atomic E-state index is 12.0. The molecule has 2 aromatic carbocycles. The number of rotatable bonds is 6. The Morgan fingerprint density at radius 3 is 2.80 bits per heavy atom. The third-order valence-electron chi connectivity index (χ3n) is 3.56. The highest BCUT2D eigenvalue weighted by molar-refractivity contribution is 5.97. The van der Waals surface area contributed by atoms with E-state index in [1.807, 2.05) is 24.3 Å². The zero-order valence-corrected chi connectivity index (χ0v) is 13.7. The number of anilines is 2. The molecule has 0 saturated carbocycles. The predicted molar refractivity (Wildman–Crippen MR) is 91.8 cm³/mol. The molecule has 0 bridgehead atoms. The van der Waals surface area contributed by atoms with Gasteiger partial charge in [-0.1, -0.05) is 12.1 Å².